The summed E-state index contributed by atoms with van der Waals surface area (Å²) in [7, 11) is 0. The van der Waals surface area contributed by atoms with Gasteiger partial charge in [0.15, 0.2) is 0 Å². The van der Waals surface area contributed by atoms with Crippen LogP contribution in [0.2, 0.25) is 0 Å². The first kappa shape index (κ1) is 12.9. The summed E-state index contributed by atoms with van der Waals surface area (Å²) in [6, 6.07) is 7.12. The highest BCUT2D eigenvalue weighted by molar-refractivity contribution is 5.99. The number of nitrogens with two attached hydrogens (primary N) is 1. The molecule has 1 saturated carbocycles. The Morgan fingerprint density at radius 3 is 2.78 bits per heavy atom. The predicted molar refractivity (Wildman–Crippen MR) is 71.2 cm³/mol. The average molecular weight is 248 g/mol. The smallest absolute Gasteiger partial charge is 0.253 e. The third kappa shape index (κ3) is 2.82. The van der Waals surface area contributed by atoms with Crippen LogP contribution in [0.4, 0.5) is 5.69 Å². The second-order valence-corrected chi connectivity index (χ2v) is 4.89. The number of nitrogen functional groups attached to an aromatic ring is 1. The van der Waals surface area contributed by atoms with E-state index in [4.69, 9.17) is 5.73 Å². The SMILES string of the molecule is Nc1ccccc1C(=O)NC1CCCCC1CO. The molecular weight excluding hydrogens is 228 g/mol. The zero-order valence-corrected chi connectivity index (χ0v) is 10.4. The second kappa shape index (κ2) is 5.87. The molecule has 1 amide bonds. The minimum atomic E-state index is -0.140. The van der Waals surface area contributed by atoms with E-state index in [-0.39, 0.29) is 24.5 Å². The van der Waals surface area contributed by atoms with Crippen LogP contribution in [0.25, 0.3) is 0 Å². The Balaban J connectivity index is 2.04. The lowest BCUT2D eigenvalue weighted by Gasteiger charge is -2.31. The van der Waals surface area contributed by atoms with Crippen LogP contribution in [0.15, 0.2) is 24.3 Å². The van der Waals surface area contributed by atoms with Gasteiger partial charge in [-0.25, -0.2) is 0 Å². The minimum Gasteiger partial charge on any atom is -0.398 e. The Hall–Kier alpha value is -1.55. The van der Waals surface area contributed by atoms with Crippen molar-refractivity contribution in [3.05, 3.63) is 29.8 Å². The van der Waals surface area contributed by atoms with Crippen LogP contribution in [0, 0.1) is 5.92 Å². The first-order chi connectivity index (χ1) is 8.72. The molecule has 1 aliphatic rings. The molecule has 4 heteroatoms. The van der Waals surface area contributed by atoms with Crippen molar-refractivity contribution in [2.24, 2.45) is 5.92 Å². The molecule has 0 aromatic heterocycles. The highest BCUT2D eigenvalue weighted by atomic mass is 16.3. The highest BCUT2D eigenvalue weighted by Gasteiger charge is 2.26. The summed E-state index contributed by atoms with van der Waals surface area (Å²) in [6.45, 7) is 0.134. The molecule has 2 atom stereocenters. The summed E-state index contributed by atoms with van der Waals surface area (Å²) in [6.07, 6.45) is 4.15. The van der Waals surface area contributed by atoms with E-state index in [2.05, 4.69) is 5.32 Å². The highest BCUT2D eigenvalue weighted by Crippen LogP contribution is 2.24. The Bertz CT molecular complexity index is 420. The molecule has 0 radical (unpaired) electrons. The fraction of sp³-hybridized carbons (Fsp3) is 0.500. The van der Waals surface area contributed by atoms with Gasteiger partial charge in [0.25, 0.3) is 5.91 Å². The van der Waals surface area contributed by atoms with E-state index in [1.54, 1.807) is 18.2 Å². The van der Waals surface area contributed by atoms with Gasteiger partial charge < -0.3 is 16.2 Å². The van der Waals surface area contributed by atoms with Gasteiger partial charge in [0.2, 0.25) is 0 Å². The fourth-order valence-electron chi connectivity index (χ4n) is 2.57. The number of rotatable bonds is 3. The second-order valence-electron chi connectivity index (χ2n) is 4.89. The number of hydrogen-bond donors (Lipinski definition) is 3. The number of benzene rings is 1. The number of para-hydroxylation sites is 1. The van der Waals surface area contributed by atoms with Gasteiger partial charge in [-0.1, -0.05) is 25.0 Å². The molecule has 1 aromatic carbocycles. The van der Waals surface area contributed by atoms with Gasteiger partial charge in [-0.05, 0) is 25.0 Å². The molecule has 1 aliphatic carbocycles. The van der Waals surface area contributed by atoms with E-state index in [0.717, 1.165) is 25.7 Å². The van der Waals surface area contributed by atoms with Gasteiger partial charge in [0.1, 0.15) is 0 Å². The van der Waals surface area contributed by atoms with Crippen LogP contribution in [-0.2, 0) is 0 Å². The predicted octanol–water partition coefficient (Wildman–Crippen LogP) is 1.55. The first-order valence-electron chi connectivity index (χ1n) is 6.48. The maximum Gasteiger partial charge on any atom is 0.253 e. The molecular formula is C14H20N2O2. The van der Waals surface area contributed by atoms with Crippen molar-refractivity contribution in [1.29, 1.82) is 0 Å². The van der Waals surface area contributed by atoms with E-state index < -0.39 is 0 Å². The zero-order valence-electron chi connectivity index (χ0n) is 10.4. The van der Waals surface area contributed by atoms with E-state index in [0.29, 0.717) is 11.3 Å². The normalized spacial score (nSPS) is 23.6. The van der Waals surface area contributed by atoms with E-state index >= 15 is 0 Å². The molecule has 4 N–H and O–H groups in total. The van der Waals surface area contributed by atoms with Crippen molar-refractivity contribution in [3.63, 3.8) is 0 Å². The Kier molecular flexibility index (Phi) is 4.20. The average Bonchev–Trinajstić information content (AvgIpc) is 2.39. The summed E-state index contributed by atoms with van der Waals surface area (Å²) in [4.78, 5) is 12.1. The minimum absolute atomic E-state index is 0.0656. The zero-order chi connectivity index (χ0) is 13.0. The molecule has 2 rings (SSSR count). The molecule has 1 aromatic rings. The van der Waals surface area contributed by atoms with E-state index in [1.807, 2.05) is 6.07 Å². The number of aliphatic hydroxyl groups is 1. The summed E-state index contributed by atoms with van der Waals surface area (Å²) in [5.41, 5.74) is 6.79. The number of amides is 1. The standard InChI is InChI=1S/C14H20N2O2/c15-12-7-3-2-6-11(12)14(18)16-13-8-4-1-5-10(13)9-17/h2-3,6-7,10,13,17H,1,4-5,8-9,15H2,(H,16,18). The van der Waals surface area contributed by atoms with Crippen LogP contribution in [0.1, 0.15) is 36.0 Å². The van der Waals surface area contributed by atoms with Crippen LogP contribution in [0.3, 0.4) is 0 Å². The third-order valence-corrected chi connectivity index (χ3v) is 3.67. The Morgan fingerprint density at radius 2 is 2.06 bits per heavy atom. The van der Waals surface area contributed by atoms with Gasteiger partial charge in [-0.2, -0.15) is 0 Å². The quantitative estimate of drug-likeness (QED) is 0.710. The molecule has 2 unspecified atom stereocenters. The maximum atomic E-state index is 12.1. The molecule has 0 bridgehead atoms. The maximum absolute atomic E-state index is 12.1. The van der Waals surface area contributed by atoms with Gasteiger partial charge >= 0.3 is 0 Å². The molecule has 0 spiro atoms. The van der Waals surface area contributed by atoms with Crippen molar-refractivity contribution in [1.82, 2.24) is 5.32 Å². The van der Waals surface area contributed by atoms with Crippen LogP contribution in [-0.4, -0.2) is 23.7 Å². The lowest BCUT2D eigenvalue weighted by atomic mass is 9.85. The Labute approximate surface area is 107 Å². The van der Waals surface area contributed by atoms with Crippen LogP contribution >= 0.6 is 0 Å². The molecule has 98 valence electrons. The van der Waals surface area contributed by atoms with Gasteiger partial charge in [-0.15, -0.1) is 0 Å². The van der Waals surface area contributed by atoms with Crippen molar-refractivity contribution in [3.8, 4) is 0 Å². The molecule has 1 fully saturated rings. The number of nitrogens with one attached hydrogen (secondary N) is 1. The van der Waals surface area contributed by atoms with Gasteiger partial charge in [0.05, 0.1) is 5.56 Å². The van der Waals surface area contributed by atoms with E-state index in [9.17, 15) is 9.90 Å². The van der Waals surface area contributed by atoms with Gasteiger partial charge in [-0.3, -0.25) is 4.79 Å². The molecule has 4 nitrogen and oxygen atoms in total. The first-order valence-corrected chi connectivity index (χ1v) is 6.48. The lowest BCUT2D eigenvalue weighted by Crippen LogP contribution is -2.43. The van der Waals surface area contributed by atoms with Crippen molar-refractivity contribution in [2.75, 3.05) is 12.3 Å². The fourth-order valence-corrected chi connectivity index (χ4v) is 2.57. The third-order valence-electron chi connectivity index (χ3n) is 3.67. The number of anilines is 1. The number of carbonyl (C=O) groups is 1. The van der Waals surface area contributed by atoms with Crippen LogP contribution < -0.4 is 11.1 Å². The van der Waals surface area contributed by atoms with Crippen molar-refractivity contribution >= 4 is 11.6 Å². The van der Waals surface area contributed by atoms with Crippen molar-refractivity contribution < 1.29 is 9.90 Å². The molecule has 0 aliphatic heterocycles. The number of hydrogen-bond acceptors (Lipinski definition) is 3. The monoisotopic (exact) mass is 248 g/mol. The van der Waals surface area contributed by atoms with E-state index in [1.165, 1.54) is 0 Å². The summed E-state index contributed by atoms with van der Waals surface area (Å²) in [5.74, 6) is 0.0334. The molecule has 0 saturated heterocycles. The number of aliphatic hydroxyl groups excluding tert-OH is 1. The largest absolute Gasteiger partial charge is 0.398 e. The summed E-state index contributed by atoms with van der Waals surface area (Å²) < 4.78 is 0. The molecule has 0 heterocycles. The number of carbonyl (C=O) groups excluding carboxylic acids is 1. The summed E-state index contributed by atoms with van der Waals surface area (Å²) >= 11 is 0. The van der Waals surface area contributed by atoms with Crippen molar-refractivity contribution in [2.45, 2.75) is 31.7 Å². The van der Waals surface area contributed by atoms with Gasteiger partial charge in [0, 0.05) is 24.3 Å². The summed E-state index contributed by atoms with van der Waals surface area (Å²) in [5, 5.41) is 12.3. The topological polar surface area (TPSA) is 75.4 Å². The Morgan fingerprint density at radius 1 is 1.33 bits per heavy atom. The molecule has 18 heavy (non-hydrogen) atoms. The lowest BCUT2D eigenvalue weighted by molar-refractivity contribution is 0.0873. The van der Waals surface area contributed by atoms with Crippen LogP contribution in [0.5, 0.6) is 0 Å².